The van der Waals surface area contributed by atoms with Gasteiger partial charge in [0.1, 0.15) is 0 Å². The molecule has 0 aliphatic heterocycles. The lowest BCUT2D eigenvalue weighted by atomic mass is 9.56. The fraction of sp³-hybridized carbons (Fsp3) is 0.478. The lowest BCUT2D eigenvalue weighted by Crippen LogP contribution is -2.38. The molecule has 2 aromatic rings. The zero-order valence-corrected chi connectivity index (χ0v) is 14.6. The molecule has 5 rings (SSSR count). The molecule has 2 saturated carbocycles. The van der Waals surface area contributed by atoms with Crippen molar-refractivity contribution in [2.24, 2.45) is 5.41 Å². The first-order valence-electron chi connectivity index (χ1n) is 11.1. The van der Waals surface area contributed by atoms with E-state index in [9.17, 15) is 5.48 Å². The molecule has 24 heavy (non-hydrogen) atoms. The van der Waals surface area contributed by atoms with Crippen molar-refractivity contribution in [1.82, 2.24) is 0 Å². The Morgan fingerprint density at radius 3 is 2.29 bits per heavy atom. The molecule has 0 unspecified atom stereocenters. The quantitative estimate of drug-likeness (QED) is 0.478. The van der Waals surface area contributed by atoms with Crippen molar-refractivity contribution in [3.8, 4) is 11.1 Å². The summed E-state index contributed by atoms with van der Waals surface area (Å²) in [6.45, 7) is 0. The molecule has 0 N–H and O–H groups in total. The third kappa shape index (κ3) is 2.05. The molecule has 0 radical (unpaired) electrons. The molecular weight excluding hydrogens is 312 g/mol. The lowest BCUT2D eigenvalue weighted by molar-refractivity contribution is 0.0951. The Morgan fingerprint density at radius 2 is 1.50 bits per heavy atom. The molecule has 3 aliphatic carbocycles. The summed E-state index contributed by atoms with van der Waals surface area (Å²) in [5.41, 5.74) is 1.83. The summed E-state index contributed by atoms with van der Waals surface area (Å²) in [4.78, 5) is 0. The average molecular weight is 341 g/mol. The summed E-state index contributed by atoms with van der Waals surface area (Å²) in [5, 5.41) is 0.537. The monoisotopic (exact) mass is 340 g/mol. The summed E-state index contributed by atoms with van der Waals surface area (Å²) in [5.74, 6) is 0. The molecular formula is C23H25Cl. The molecule has 2 aromatic carbocycles. The average Bonchev–Trinajstić information content (AvgIpc) is 2.91. The normalized spacial score (nSPS) is 29.9. The highest BCUT2D eigenvalue weighted by atomic mass is 35.5. The first-order valence-corrected chi connectivity index (χ1v) is 9.50. The number of hydrogen-bond acceptors (Lipinski definition) is 0. The highest BCUT2D eigenvalue weighted by Gasteiger charge is 2.49. The largest absolute Gasteiger partial charge is 0.0843 e. The summed E-state index contributed by atoms with van der Waals surface area (Å²) in [6.07, 6.45) is 2.66. The molecule has 0 bridgehead atoms. The fourth-order valence-corrected chi connectivity index (χ4v) is 5.23. The van der Waals surface area contributed by atoms with Crippen LogP contribution in [0.5, 0.6) is 0 Å². The number of rotatable bonds is 0. The first-order chi connectivity index (χ1) is 13.2. The lowest BCUT2D eigenvalue weighted by Gasteiger charge is -2.48. The van der Waals surface area contributed by atoms with E-state index in [0.29, 0.717) is 17.9 Å². The zero-order valence-electron chi connectivity index (χ0n) is 17.9. The van der Waals surface area contributed by atoms with Gasteiger partial charge in [-0.1, -0.05) is 61.2 Å². The first kappa shape index (κ1) is 11.4. The molecule has 1 heteroatoms. The second-order valence-corrected chi connectivity index (χ2v) is 8.19. The van der Waals surface area contributed by atoms with E-state index >= 15 is 0 Å². The van der Waals surface area contributed by atoms with Gasteiger partial charge in [-0.15, -0.1) is 0 Å². The van der Waals surface area contributed by atoms with Crippen LogP contribution < -0.4 is 0 Å². The van der Waals surface area contributed by atoms with E-state index in [1.165, 1.54) is 6.42 Å². The van der Waals surface area contributed by atoms with Gasteiger partial charge in [0.15, 0.2) is 0 Å². The third-order valence-corrected chi connectivity index (χ3v) is 6.61. The second kappa shape index (κ2) is 5.36. The Bertz CT molecular complexity index is 923. The van der Waals surface area contributed by atoms with Gasteiger partial charge in [-0.2, -0.15) is 0 Å². The molecule has 124 valence electrons. The molecule has 0 atom stereocenters. The van der Waals surface area contributed by atoms with Gasteiger partial charge in [-0.25, -0.2) is 0 Å². The predicted molar refractivity (Wildman–Crippen MR) is 102 cm³/mol. The number of benzene rings is 2. The standard InChI is InChI=1S/C23H25Cl/c24-17-8-9-19-18-6-2-3-7-20(18)23(21(19)16-17)14-12-22(13-15-23)10-4-1-5-11-22/h2-3,6-9,16H,1,4-5,10-15H2/i14D2,15D2. The number of halogens is 1. The highest BCUT2D eigenvalue weighted by Crippen LogP contribution is 2.61. The van der Waals surface area contributed by atoms with Gasteiger partial charge < -0.3 is 0 Å². The van der Waals surface area contributed by atoms with E-state index < -0.39 is 18.2 Å². The summed E-state index contributed by atoms with van der Waals surface area (Å²) in [7, 11) is 0. The number of fused-ring (bicyclic) bond motifs is 5. The predicted octanol–water partition coefficient (Wildman–Crippen LogP) is 7.13. The molecule has 3 aliphatic rings. The van der Waals surface area contributed by atoms with E-state index in [-0.39, 0.29) is 5.41 Å². The van der Waals surface area contributed by atoms with Crippen molar-refractivity contribution < 1.29 is 5.48 Å². The Balaban J connectivity index is 1.80. The van der Waals surface area contributed by atoms with Crippen molar-refractivity contribution >= 4 is 11.6 Å². The smallest absolute Gasteiger partial charge is 0.0409 e. The van der Waals surface area contributed by atoms with Crippen LogP contribution in [0.4, 0.5) is 0 Å². The van der Waals surface area contributed by atoms with E-state index in [1.54, 1.807) is 0 Å². The van der Waals surface area contributed by atoms with Gasteiger partial charge in [0.25, 0.3) is 0 Å². The maximum atomic E-state index is 9.30. The molecule has 0 saturated heterocycles. The fourth-order valence-electron chi connectivity index (χ4n) is 5.05. The van der Waals surface area contributed by atoms with E-state index in [4.69, 9.17) is 11.6 Å². The summed E-state index contributed by atoms with van der Waals surface area (Å²) in [6, 6.07) is 13.4. The van der Waals surface area contributed by atoms with Gasteiger partial charge >= 0.3 is 0 Å². The molecule has 0 aromatic heterocycles. The molecule has 0 heterocycles. The zero-order chi connectivity index (χ0) is 19.8. The van der Waals surface area contributed by atoms with Crippen molar-refractivity contribution in [1.29, 1.82) is 0 Å². The van der Waals surface area contributed by atoms with Crippen LogP contribution in [0.2, 0.25) is 5.02 Å². The van der Waals surface area contributed by atoms with Crippen LogP contribution in [0.25, 0.3) is 11.1 Å². The minimum Gasteiger partial charge on any atom is -0.0843 e. The van der Waals surface area contributed by atoms with Crippen LogP contribution in [-0.4, -0.2) is 0 Å². The Morgan fingerprint density at radius 1 is 0.792 bits per heavy atom. The van der Waals surface area contributed by atoms with Crippen molar-refractivity contribution in [3.05, 3.63) is 58.6 Å². The summed E-state index contributed by atoms with van der Waals surface area (Å²) < 4.78 is 37.2. The molecule has 0 amide bonds. The van der Waals surface area contributed by atoms with Gasteiger partial charge in [0.2, 0.25) is 0 Å². The van der Waals surface area contributed by atoms with E-state index in [2.05, 4.69) is 0 Å². The van der Waals surface area contributed by atoms with Crippen LogP contribution >= 0.6 is 11.6 Å². The SMILES string of the molecule is [2H]C1([2H])CC2(CCCCC2)CC([2H])([2H])C12c1ccccc1-c1ccc(Cl)cc12. The van der Waals surface area contributed by atoms with Gasteiger partial charge in [-0.3, -0.25) is 0 Å². The third-order valence-electron chi connectivity index (χ3n) is 6.38. The molecule has 2 fully saturated rings. The van der Waals surface area contributed by atoms with Crippen molar-refractivity contribution in [2.75, 3.05) is 0 Å². The van der Waals surface area contributed by atoms with Gasteiger partial charge in [-0.05, 0) is 78.2 Å². The van der Waals surface area contributed by atoms with Crippen LogP contribution in [0, 0.1) is 5.41 Å². The summed E-state index contributed by atoms with van der Waals surface area (Å²) >= 11 is 6.35. The minimum atomic E-state index is -1.70. The van der Waals surface area contributed by atoms with Crippen molar-refractivity contribution in [2.45, 2.75) is 63.1 Å². The highest BCUT2D eigenvalue weighted by molar-refractivity contribution is 6.30. The van der Waals surface area contributed by atoms with E-state index in [1.807, 2.05) is 42.5 Å². The van der Waals surface area contributed by atoms with Crippen molar-refractivity contribution in [3.63, 3.8) is 0 Å². The van der Waals surface area contributed by atoms with Gasteiger partial charge in [0.05, 0.1) is 0 Å². The van der Waals surface area contributed by atoms with E-state index in [0.717, 1.165) is 47.9 Å². The Kier molecular flexibility index (Phi) is 2.54. The molecule has 2 spiro atoms. The maximum Gasteiger partial charge on any atom is 0.0409 e. The Labute approximate surface area is 155 Å². The topological polar surface area (TPSA) is 0 Å². The molecule has 0 nitrogen and oxygen atoms in total. The Hall–Kier alpha value is -1.27. The number of hydrogen-bond donors (Lipinski definition) is 0. The van der Waals surface area contributed by atoms with Crippen LogP contribution in [0.3, 0.4) is 0 Å². The van der Waals surface area contributed by atoms with Crippen LogP contribution in [-0.2, 0) is 5.41 Å². The van der Waals surface area contributed by atoms with Crippen LogP contribution in [0.1, 0.15) is 74.3 Å². The van der Waals surface area contributed by atoms with Gasteiger partial charge in [0, 0.05) is 15.9 Å². The second-order valence-electron chi connectivity index (χ2n) is 7.75. The minimum absolute atomic E-state index is 0.229. The van der Waals surface area contributed by atoms with Crippen LogP contribution in [0.15, 0.2) is 42.5 Å². The maximum absolute atomic E-state index is 9.30.